The fourth-order valence-electron chi connectivity index (χ4n) is 3.31. The van der Waals surface area contributed by atoms with E-state index in [1.807, 2.05) is 0 Å². The minimum Gasteiger partial charge on any atom is -0.325 e. The Labute approximate surface area is 106 Å². The maximum atomic E-state index is 11.3. The van der Waals surface area contributed by atoms with Gasteiger partial charge in [0, 0.05) is 11.8 Å². The van der Waals surface area contributed by atoms with Crippen molar-refractivity contribution in [2.75, 3.05) is 12.0 Å². The fourth-order valence-corrected chi connectivity index (χ4v) is 4.06. The molecule has 3 unspecified atom stereocenters. The lowest BCUT2D eigenvalue weighted by molar-refractivity contribution is 0.106. The molecule has 1 fully saturated rings. The molecule has 0 heterocycles. The summed E-state index contributed by atoms with van der Waals surface area (Å²) in [5.41, 5.74) is 6.25. The average molecular weight is 261 g/mol. The molecule has 0 aromatic rings. The van der Waals surface area contributed by atoms with Gasteiger partial charge < -0.3 is 5.73 Å². The maximum Gasteiger partial charge on any atom is 0.147 e. The number of nitrogens with two attached hydrogens (primary N) is 1. The molecule has 1 aliphatic carbocycles. The molecule has 1 rings (SSSR count). The van der Waals surface area contributed by atoms with E-state index in [1.54, 1.807) is 0 Å². The molecule has 0 aromatic heterocycles. The van der Waals surface area contributed by atoms with Gasteiger partial charge in [0.2, 0.25) is 0 Å². The second-order valence-corrected chi connectivity index (χ2v) is 8.61. The highest BCUT2D eigenvalue weighted by Gasteiger charge is 2.41. The SMILES string of the molecule is CC1CCC(C(C)C)C(N)(CCS(C)(=O)=O)C1. The molecule has 0 amide bonds. The summed E-state index contributed by atoms with van der Waals surface area (Å²) < 4.78 is 22.6. The first-order valence-electron chi connectivity index (χ1n) is 6.60. The third-order valence-electron chi connectivity index (χ3n) is 4.18. The van der Waals surface area contributed by atoms with Crippen LogP contribution in [0.2, 0.25) is 0 Å². The van der Waals surface area contributed by atoms with E-state index in [1.165, 1.54) is 12.7 Å². The van der Waals surface area contributed by atoms with E-state index in [4.69, 9.17) is 5.73 Å². The predicted octanol–water partition coefficient (Wildman–Crippen LogP) is 2.21. The van der Waals surface area contributed by atoms with Crippen molar-refractivity contribution in [3.8, 4) is 0 Å². The predicted molar refractivity (Wildman–Crippen MR) is 72.6 cm³/mol. The van der Waals surface area contributed by atoms with Crippen LogP contribution in [0.5, 0.6) is 0 Å². The summed E-state index contributed by atoms with van der Waals surface area (Å²) in [6.45, 7) is 6.62. The van der Waals surface area contributed by atoms with Gasteiger partial charge in [-0.15, -0.1) is 0 Å². The number of rotatable bonds is 4. The molecule has 0 aromatic carbocycles. The Hall–Kier alpha value is -0.0900. The maximum absolute atomic E-state index is 11.3. The number of hydrogen-bond acceptors (Lipinski definition) is 3. The van der Waals surface area contributed by atoms with E-state index in [2.05, 4.69) is 20.8 Å². The van der Waals surface area contributed by atoms with Crippen molar-refractivity contribution < 1.29 is 8.42 Å². The van der Waals surface area contributed by atoms with Crippen LogP contribution in [0.4, 0.5) is 0 Å². The van der Waals surface area contributed by atoms with Gasteiger partial charge in [0.1, 0.15) is 9.84 Å². The Morgan fingerprint density at radius 3 is 2.41 bits per heavy atom. The normalized spacial score (nSPS) is 35.2. The Bertz CT molecular complexity index is 350. The zero-order valence-electron chi connectivity index (χ0n) is 11.6. The van der Waals surface area contributed by atoms with Crippen molar-refractivity contribution in [3.63, 3.8) is 0 Å². The van der Waals surface area contributed by atoms with Gasteiger partial charge in [0.15, 0.2) is 0 Å². The van der Waals surface area contributed by atoms with Gasteiger partial charge in [-0.25, -0.2) is 8.42 Å². The largest absolute Gasteiger partial charge is 0.325 e. The van der Waals surface area contributed by atoms with Crippen LogP contribution in [0, 0.1) is 17.8 Å². The van der Waals surface area contributed by atoms with E-state index < -0.39 is 9.84 Å². The van der Waals surface area contributed by atoms with Crippen molar-refractivity contribution >= 4 is 9.84 Å². The molecule has 0 saturated heterocycles. The molecule has 0 radical (unpaired) electrons. The fraction of sp³-hybridized carbons (Fsp3) is 1.00. The third-order valence-corrected chi connectivity index (χ3v) is 5.13. The van der Waals surface area contributed by atoms with E-state index >= 15 is 0 Å². The first kappa shape index (κ1) is 15.0. The molecule has 17 heavy (non-hydrogen) atoms. The van der Waals surface area contributed by atoms with Crippen molar-refractivity contribution in [2.24, 2.45) is 23.5 Å². The highest BCUT2D eigenvalue weighted by atomic mass is 32.2. The van der Waals surface area contributed by atoms with Crippen LogP contribution in [0.25, 0.3) is 0 Å². The molecule has 3 atom stereocenters. The Morgan fingerprint density at radius 1 is 1.35 bits per heavy atom. The molecular formula is C13H27NO2S. The summed E-state index contributed by atoms with van der Waals surface area (Å²) >= 11 is 0. The van der Waals surface area contributed by atoms with Gasteiger partial charge in [-0.1, -0.05) is 27.2 Å². The molecule has 0 aliphatic heterocycles. The average Bonchev–Trinajstić information content (AvgIpc) is 2.13. The molecule has 4 heteroatoms. The van der Waals surface area contributed by atoms with Crippen molar-refractivity contribution in [1.29, 1.82) is 0 Å². The second-order valence-electron chi connectivity index (χ2n) is 6.35. The zero-order valence-corrected chi connectivity index (χ0v) is 12.4. The molecule has 1 aliphatic rings. The van der Waals surface area contributed by atoms with Gasteiger partial charge in [0.25, 0.3) is 0 Å². The Balaban J connectivity index is 2.78. The summed E-state index contributed by atoms with van der Waals surface area (Å²) in [5, 5.41) is 0. The summed E-state index contributed by atoms with van der Waals surface area (Å²) in [6, 6.07) is 0. The zero-order chi connectivity index (χ0) is 13.3. The topological polar surface area (TPSA) is 60.2 Å². The molecule has 0 spiro atoms. The van der Waals surface area contributed by atoms with Crippen LogP contribution in [-0.2, 0) is 9.84 Å². The van der Waals surface area contributed by atoms with Crippen LogP contribution >= 0.6 is 0 Å². The first-order chi connectivity index (χ1) is 7.64. The quantitative estimate of drug-likeness (QED) is 0.844. The van der Waals surface area contributed by atoms with Crippen molar-refractivity contribution in [2.45, 2.75) is 52.0 Å². The molecular weight excluding hydrogens is 234 g/mol. The van der Waals surface area contributed by atoms with Gasteiger partial charge in [0.05, 0.1) is 5.75 Å². The highest BCUT2D eigenvalue weighted by Crippen LogP contribution is 2.41. The standard InChI is InChI=1S/C13H27NO2S/c1-10(2)12-6-5-11(3)9-13(12,14)7-8-17(4,15)16/h10-12H,5-9,14H2,1-4H3. The van der Waals surface area contributed by atoms with Gasteiger partial charge in [-0.05, 0) is 37.0 Å². The van der Waals surface area contributed by atoms with Crippen LogP contribution < -0.4 is 5.73 Å². The van der Waals surface area contributed by atoms with Crippen LogP contribution in [0.15, 0.2) is 0 Å². The summed E-state index contributed by atoms with van der Waals surface area (Å²) in [6.07, 6.45) is 5.23. The van der Waals surface area contributed by atoms with E-state index in [-0.39, 0.29) is 11.3 Å². The van der Waals surface area contributed by atoms with Crippen LogP contribution in [-0.4, -0.2) is 26.0 Å². The number of hydrogen-bond donors (Lipinski definition) is 1. The van der Waals surface area contributed by atoms with E-state index in [9.17, 15) is 8.42 Å². The summed E-state index contributed by atoms with van der Waals surface area (Å²) in [7, 11) is -2.91. The van der Waals surface area contributed by atoms with E-state index in [0.717, 1.165) is 12.8 Å². The molecule has 3 nitrogen and oxygen atoms in total. The van der Waals surface area contributed by atoms with Gasteiger partial charge in [-0.2, -0.15) is 0 Å². The second kappa shape index (κ2) is 5.27. The molecule has 0 bridgehead atoms. The van der Waals surface area contributed by atoms with Crippen LogP contribution in [0.1, 0.15) is 46.5 Å². The Kier molecular flexibility index (Phi) is 4.64. The first-order valence-corrected chi connectivity index (χ1v) is 8.67. The summed E-state index contributed by atoms with van der Waals surface area (Å²) in [5.74, 6) is 1.83. The smallest absolute Gasteiger partial charge is 0.147 e. The van der Waals surface area contributed by atoms with E-state index in [0.29, 0.717) is 24.2 Å². The van der Waals surface area contributed by atoms with Gasteiger partial charge in [-0.3, -0.25) is 0 Å². The van der Waals surface area contributed by atoms with Gasteiger partial charge >= 0.3 is 0 Å². The number of sulfone groups is 1. The summed E-state index contributed by atoms with van der Waals surface area (Å²) in [4.78, 5) is 0. The lowest BCUT2D eigenvalue weighted by Crippen LogP contribution is -2.53. The minimum absolute atomic E-state index is 0.222. The van der Waals surface area contributed by atoms with Crippen molar-refractivity contribution in [3.05, 3.63) is 0 Å². The highest BCUT2D eigenvalue weighted by molar-refractivity contribution is 7.90. The third kappa shape index (κ3) is 4.25. The molecule has 102 valence electrons. The molecule has 1 saturated carbocycles. The monoisotopic (exact) mass is 261 g/mol. The molecule has 2 N–H and O–H groups in total. The minimum atomic E-state index is -2.91. The van der Waals surface area contributed by atoms with Crippen LogP contribution in [0.3, 0.4) is 0 Å². The van der Waals surface area contributed by atoms with Crippen molar-refractivity contribution in [1.82, 2.24) is 0 Å². The lowest BCUT2D eigenvalue weighted by atomic mass is 9.64. The Morgan fingerprint density at radius 2 is 1.94 bits per heavy atom. The lowest BCUT2D eigenvalue weighted by Gasteiger charge is -2.46.